The maximum Gasteiger partial charge on any atom is 0.233 e. The van der Waals surface area contributed by atoms with Gasteiger partial charge in [0.05, 0.1) is 18.1 Å². The number of ether oxygens (including phenoxy) is 1. The summed E-state index contributed by atoms with van der Waals surface area (Å²) in [5.74, 6) is 0.106. The first-order valence-electron chi connectivity index (χ1n) is 7.49. The lowest BCUT2D eigenvalue weighted by Gasteiger charge is -2.43. The number of aliphatic hydroxyl groups excluding tert-OH is 1. The molecule has 0 radical (unpaired) electrons. The third-order valence-electron chi connectivity index (χ3n) is 4.38. The van der Waals surface area contributed by atoms with Gasteiger partial charge in [-0.15, -0.1) is 0 Å². The molecule has 1 atom stereocenters. The summed E-state index contributed by atoms with van der Waals surface area (Å²) in [7, 11) is 3.31. The maximum absolute atomic E-state index is 12.9. The summed E-state index contributed by atoms with van der Waals surface area (Å²) in [5.41, 5.74) is 1.88. The van der Waals surface area contributed by atoms with Crippen molar-refractivity contribution in [3.05, 3.63) is 35.4 Å². The van der Waals surface area contributed by atoms with Crippen molar-refractivity contribution in [3.8, 4) is 0 Å². The van der Waals surface area contributed by atoms with Crippen LogP contribution in [0.1, 0.15) is 30.4 Å². The Bertz CT molecular complexity index is 497. The Morgan fingerprint density at radius 1 is 1.48 bits per heavy atom. The first kappa shape index (κ1) is 16.0. The smallest absolute Gasteiger partial charge is 0.233 e. The van der Waals surface area contributed by atoms with E-state index in [2.05, 4.69) is 6.07 Å². The predicted molar refractivity (Wildman–Crippen MR) is 82.2 cm³/mol. The molecule has 1 N–H and O–H groups in total. The van der Waals surface area contributed by atoms with E-state index in [0.29, 0.717) is 6.54 Å². The number of benzene rings is 1. The molecule has 21 heavy (non-hydrogen) atoms. The monoisotopic (exact) mass is 291 g/mol. The van der Waals surface area contributed by atoms with Crippen molar-refractivity contribution in [2.24, 2.45) is 0 Å². The molecule has 0 saturated heterocycles. The van der Waals surface area contributed by atoms with E-state index in [4.69, 9.17) is 4.74 Å². The van der Waals surface area contributed by atoms with Crippen molar-refractivity contribution in [2.45, 2.75) is 37.7 Å². The minimum absolute atomic E-state index is 0.106. The minimum Gasteiger partial charge on any atom is -0.389 e. The first-order chi connectivity index (χ1) is 9.99. The summed E-state index contributed by atoms with van der Waals surface area (Å²) in [6.45, 7) is 2.60. The normalized spacial score (nSPS) is 17.9. The number of rotatable bonds is 6. The second kappa shape index (κ2) is 6.58. The summed E-state index contributed by atoms with van der Waals surface area (Å²) in [4.78, 5) is 14.5. The van der Waals surface area contributed by atoms with Gasteiger partial charge >= 0.3 is 0 Å². The Labute approximate surface area is 126 Å². The largest absolute Gasteiger partial charge is 0.389 e. The van der Waals surface area contributed by atoms with Gasteiger partial charge in [0.25, 0.3) is 0 Å². The van der Waals surface area contributed by atoms with Crippen LogP contribution in [0.25, 0.3) is 0 Å². The van der Waals surface area contributed by atoms with E-state index < -0.39 is 11.5 Å². The topological polar surface area (TPSA) is 49.8 Å². The Balaban J connectivity index is 2.15. The summed E-state index contributed by atoms with van der Waals surface area (Å²) in [5, 5.41) is 9.82. The molecule has 0 heterocycles. The molecule has 1 saturated carbocycles. The zero-order chi connectivity index (χ0) is 15.5. The van der Waals surface area contributed by atoms with Crippen LogP contribution < -0.4 is 0 Å². The van der Waals surface area contributed by atoms with Crippen LogP contribution in [-0.2, 0) is 14.9 Å². The molecule has 0 bridgehead atoms. The standard InChI is InChI=1S/C17H25NO3/c1-13-6-4-7-14(10-13)17(8-5-9-17)16(20)18(2)11-15(19)12-21-3/h4,6-7,10,15,19H,5,8-9,11-12H2,1-3H3. The van der Waals surface area contributed by atoms with Crippen LogP contribution >= 0.6 is 0 Å². The second-order valence-corrected chi connectivity index (χ2v) is 6.10. The van der Waals surface area contributed by atoms with Crippen molar-refractivity contribution in [1.82, 2.24) is 4.90 Å². The van der Waals surface area contributed by atoms with Crippen molar-refractivity contribution in [1.29, 1.82) is 0 Å². The number of carbonyl (C=O) groups excluding carboxylic acids is 1. The lowest BCUT2D eigenvalue weighted by Crippen LogP contribution is -2.51. The molecule has 0 aliphatic heterocycles. The maximum atomic E-state index is 12.9. The molecule has 1 aromatic carbocycles. The van der Waals surface area contributed by atoms with Crippen molar-refractivity contribution < 1.29 is 14.6 Å². The summed E-state index contributed by atoms with van der Waals surface area (Å²) in [6, 6.07) is 8.21. The molecule has 1 fully saturated rings. The number of methoxy groups -OCH3 is 1. The quantitative estimate of drug-likeness (QED) is 0.870. The molecule has 1 unspecified atom stereocenters. The van der Waals surface area contributed by atoms with Gasteiger partial charge in [-0.2, -0.15) is 0 Å². The molecule has 0 spiro atoms. The first-order valence-corrected chi connectivity index (χ1v) is 7.49. The van der Waals surface area contributed by atoms with Crippen molar-refractivity contribution >= 4 is 5.91 Å². The fourth-order valence-electron chi connectivity index (χ4n) is 3.11. The molecule has 1 aliphatic rings. The van der Waals surface area contributed by atoms with E-state index in [-0.39, 0.29) is 12.5 Å². The molecule has 0 aromatic heterocycles. The van der Waals surface area contributed by atoms with Gasteiger partial charge < -0.3 is 14.7 Å². The van der Waals surface area contributed by atoms with Gasteiger partial charge in [0.1, 0.15) is 0 Å². The lowest BCUT2D eigenvalue weighted by atomic mass is 9.63. The summed E-state index contributed by atoms with van der Waals surface area (Å²) >= 11 is 0. The number of aryl methyl sites for hydroxylation is 1. The molecule has 4 nitrogen and oxygen atoms in total. The third-order valence-corrected chi connectivity index (χ3v) is 4.38. The average molecular weight is 291 g/mol. The highest BCUT2D eigenvalue weighted by atomic mass is 16.5. The van der Waals surface area contributed by atoms with Crippen molar-refractivity contribution in [3.63, 3.8) is 0 Å². The Morgan fingerprint density at radius 2 is 2.19 bits per heavy atom. The van der Waals surface area contributed by atoms with E-state index in [1.807, 2.05) is 25.1 Å². The zero-order valence-electron chi connectivity index (χ0n) is 13.1. The predicted octanol–water partition coefficient (Wildman–Crippen LogP) is 1.88. The van der Waals surface area contributed by atoms with Crippen molar-refractivity contribution in [2.75, 3.05) is 27.3 Å². The molecule has 116 valence electrons. The highest BCUT2D eigenvalue weighted by molar-refractivity contribution is 5.89. The van der Waals surface area contributed by atoms with Gasteiger partial charge in [-0.05, 0) is 25.3 Å². The van der Waals surface area contributed by atoms with Gasteiger partial charge in [0.15, 0.2) is 0 Å². The number of hydrogen-bond acceptors (Lipinski definition) is 3. The Morgan fingerprint density at radius 3 is 2.71 bits per heavy atom. The third kappa shape index (κ3) is 3.27. The van der Waals surface area contributed by atoms with Crippen LogP contribution in [0.4, 0.5) is 0 Å². The van der Waals surface area contributed by atoms with Gasteiger partial charge in [0.2, 0.25) is 5.91 Å². The fourth-order valence-corrected chi connectivity index (χ4v) is 3.11. The van der Waals surface area contributed by atoms with E-state index in [0.717, 1.165) is 24.8 Å². The van der Waals surface area contributed by atoms with Crippen LogP contribution in [0.3, 0.4) is 0 Å². The number of amides is 1. The van der Waals surface area contributed by atoms with Crippen LogP contribution in [0.5, 0.6) is 0 Å². The molecule has 1 amide bonds. The lowest BCUT2D eigenvalue weighted by molar-refractivity contribution is -0.141. The molecule has 2 rings (SSSR count). The number of likely N-dealkylation sites (N-methyl/N-ethyl adjacent to an activating group) is 1. The highest BCUT2D eigenvalue weighted by Gasteiger charge is 2.47. The molecule has 1 aromatic rings. The highest BCUT2D eigenvalue weighted by Crippen LogP contribution is 2.45. The van der Waals surface area contributed by atoms with E-state index in [1.54, 1.807) is 19.1 Å². The van der Waals surface area contributed by atoms with Gasteiger partial charge in [0, 0.05) is 20.7 Å². The SMILES string of the molecule is COCC(O)CN(C)C(=O)C1(c2cccc(C)c2)CCC1. The van der Waals surface area contributed by atoms with E-state index in [9.17, 15) is 9.90 Å². The molecular formula is C17H25NO3. The Hall–Kier alpha value is -1.39. The minimum atomic E-state index is -0.640. The number of aliphatic hydroxyl groups is 1. The molecular weight excluding hydrogens is 266 g/mol. The average Bonchev–Trinajstić information content (AvgIpc) is 2.37. The molecule has 1 aliphatic carbocycles. The number of hydrogen-bond donors (Lipinski definition) is 1. The fraction of sp³-hybridized carbons (Fsp3) is 0.588. The van der Waals surface area contributed by atoms with Crippen LogP contribution in [0.15, 0.2) is 24.3 Å². The number of nitrogens with zero attached hydrogens (tertiary/aromatic N) is 1. The molecule has 4 heteroatoms. The summed E-state index contributed by atoms with van der Waals surface area (Å²) in [6.07, 6.45) is 2.22. The van der Waals surface area contributed by atoms with Gasteiger partial charge in [-0.25, -0.2) is 0 Å². The van der Waals surface area contributed by atoms with Gasteiger partial charge in [-0.1, -0.05) is 36.2 Å². The van der Waals surface area contributed by atoms with Crippen LogP contribution in [0.2, 0.25) is 0 Å². The zero-order valence-corrected chi connectivity index (χ0v) is 13.1. The van der Waals surface area contributed by atoms with Gasteiger partial charge in [-0.3, -0.25) is 4.79 Å². The van der Waals surface area contributed by atoms with Crippen LogP contribution in [0, 0.1) is 6.92 Å². The van der Waals surface area contributed by atoms with Crippen LogP contribution in [-0.4, -0.2) is 49.3 Å². The number of carbonyl (C=O) groups is 1. The van der Waals surface area contributed by atoms with E-state index in [1.165, 1.54) is 5.56 Å². The summed E-state index contributed by atoms with van der Waals surface area (Å²) < 4.78 is 4.92. The second-order valence-electron chi connectivity index (χ2n) is 6.10. The Kier molecular flexibility index (Phi) is 5.01. The van der Waals surface area contributed by atoms with E-state index >= 15 is 0 Å².